The van der Waals surface area contributed by atoms with Crippen molar-refractivity contribution in [3.63, 3.8) is 0 Å². The summed E-state index contributed by atoms with van der Waals surface area (Å²) in [5, 5.41) is 14.8. The normalized spacial score (nSPS) is 10.4. The van der Waals surface area contributed by atoms with Gasteiger partial charge in [0.1, 0.15) is 12.4 Å². The Balaban J connectivity index is 1.69. The van der Waals surface area contributed by atoms with Crippen molar-refractivity contribution >= 4 is 11.9 Å². The van der Waals surface area contributed by atoms with E-state index in [4.69, 9.17) is 10.5 Å². The van der Waals surface area contributed by atoms with Crippen LogP contribution in [0.3, 0.4) is 0 Å². The predicted molar refractivity (Wildman–Crippen MR) is 92.0 cm³/mol. The lowest BCUT2D eigenvalue weighted by Gasteiger charge is -2.05. The molecule has 0 bridgehead atoms. The van der Waals surface area contributed by atoms with E-state index in [9.17, 15) is 14.9 Å². The van der Waals surface area contributed by atoms with Gasteiger partial charge in [-0.15, -0.1) is 0 Å². The van der Waals surface area contributed by atoms with Gasteiger partial charge in [0.25, 0.3) is 0 Å². The zero-order chi connectivity index (χ0) is 19.2. The molecule has 1 amide bonds. The molecule has 0 fully saturated rings. The van der Waals surface area contributed by atoms with Crippen molar-refractivity contribution < 1.29 is 19.2 Å². The van der Waals surface area contributed by atoms with Gasteiger partial charge in [-0.25, -0.2) is 4.79 Å². The molecule has 2 N–H and O–H groups in total. The lowest BCUT2D eigenvalue weighted by molar-refractivity contribution is -0.389. The van der Waals surface area contributed by atoms with Gasteiger partial charge in [-0.3, -0.25) is 9.67 Å². The molecule has 3 aromatic rings. The van der Waals surface area contributed by atoms with Gasteiger partial charge in [-0.2, -0.15) is 5.10 Å². The third-order valence-corrected chi connectivity index (χ3v) is 3.37. The first kappa shape index (κ1) is 17.8. The number of ether oxygens (including phenoxy) is 2. The largest absolute Gasteiger partial charge is 0.453 e. The maximum atomic E-state index is 10.6. The van der Waals surface area contributed by atoms with Crippen molar-refractivity contribution in [3.05, 3.63) is 59.2 Å². The maximum Gasteiger partial charge on any atom is 0.404 e. The molecule has 11 nitrogen and oxygen atoms in total. The number of hydrogen-bond acceptors (Lipinski definition) is 8. The number of primary amides is 1. The molecule has 0 aromatic carbocycles. The second-order valence-corrected chi connectivity index (χ2v) is 5.25. The molecule has 3 heterocycles. The second-order valence-electron chi connectivity index (χ2n) is 5.25. The molecule has 0 aliphatic carbocycles. The fourth-order valence-corrected chi connectivity index (χ4v) is 2.17. The maximum absolute atomic E-state index is 10.6. The number of rotatable bonds is 7. The summed E-state index contributed by atoms with van der Waals surface area (Å²) in [4.78, 5) is 28.6. The lowest BCUT2D eigenvalue weighted by Crippen LogP contribution is -2.16. The third kappa shape index (κ3) is 4.75. The van der Waals surface area contributed by atoms with E-state index in [1.165, 1.54) is 18.3 Å². The average molecular weight is 370 g/mol. The fourth-order valence-electron chi connectivity index (χ4n) is 2.17. The molecule has 0 saturated carbocycles. The number of nitrogens with two attached hydrogens (primary N) is 1. The van der Waals surface area contributed by atoms with Crippen LogP contribution in [0.2, 0.25) is 0 Å². The number of aromatic nitrogens is 4. The molecule has 0 radical (unpaired) electrons. The van der Waals surface area contributed by atoms with Gasteiger partial charge in [0.15, 0.2) is 11.9 Å². The highest BCUT2D eigenvalue weighted by Crippen LogP contribution is 2.25. The van der Waals surface area contributed by atoms with Gasteiger partial charge in [0.05, 0.1) is 18.4 Å². The quantitative estimate of drug-likeness (QED) is 0.491. The predicted octanol–water partition coefficient (Wildman–Crippen LogP) is 2.14. The van der Waals surface area contributed by atoms with Crippen molar-refractivity contribution in [2.45, 2.75) is 6.54 Å². The van der Waals surface area contributed by atoms with E-state index >= 15 is 0 Å². The van der Waals surface area contributed by atoms with E-state index in [1.54, 1.807) is 35.4 Å². The summed E-state index contributed by atoms with van der Waals surface area (Å²) >= 11 is 0. The van der Waals surface area contributed by atoms with Gasteiger partial charge in [-0.05, 0) is 22.0 Å². The molecular weight excluding hydrogens is 356 g/mol. The van der Waals surface area contributed by atoms with Crippen LogP contribution in [-0.4, -0.2) is 37.4 Å². The third-order valence-electron chi connectivity index (χ3n) is 3.37. The van der Waals surface area contributed by atoms with Crippen LogP contribution in [0, 0.1) is 10.1 Å². The number of nitro groups is 1. The molecular formula is C16H14N6O5. The van der Waals surface area contributed by atoms with Crippen molar-refractivity contribution in [2.24, 2.45) is 5.73 Å². The number of carbonyl (C=O) groups excluding carboxylic acids is 1. The van der Waals surface area contributed by atoms with Gasteiger partial charge in [0.2, 0.25) is 0 Å². The fraction of sp³-hybridized carbons (Fsp3) is 0.125. The molecule has 0 aliphatic heterocycles. The van der Waals surface area contributed by atoms with E-state index in [0.717, 1.165) is 5.56 Å². The highest BCUT2D eigenvalue weighted by Gasteiger charge is 2.09. The molecule has 3 rings (SSSR count). The summed E-state index contributed by atoms with van der Waals surface area (Å²) in [6.45, 7) is 0.466. The topological polar surface area (TPSA) is 148 Å². The van der Waals surface area contributed by atoms with E-state index in [-0.39, 0.29) is 12.4 Å². The summed E-state index contributed by atoms with van der Waals surface area (Å²) in [5.41, 5.74) is 6.26. The van der Waals surface area contributed by atoms with E-state index in [0.29, 0.717) is 23.7 Å². The lowest BCUT2D eigenvalue weighted by atomic mass is 10.2. The smallest absolute Gasteiger partial charge is 0.404 e. The van der Waals surface area contributed by atoms with Crippen LogP contribution in [0.5, 0.6) is 11.5 Å². The summed E-state index contributed by atoms with van der Waals surface area (Å²) in [5.74, 6) is 0.586. The Bertz CT molecular complexity index is 956. The second kappa shape index (κ2) is 7.91. The summed E-state index contributed by atoms with van der Waals surface area (Å²) < 4.78 is 11.9. The molecule has 0 unspecified atom stereocenters. The van der Waals surface area contributed by atoms with Crippen LogP contribution in [-0.2, 0) is 11.3 Å². The van der Waals surface area contributed by atoms with Crippen LogP contribution < -0.4 is 10.5 Å². The Morgan fingerprint density at radius 3 is 2.78 bits per heavy atom. The number of nitrogens with zero attached hydrogens (tertiary/aromatic N) is 5. The van der Waals surface area contributed by atoms with Crippen LogP contribution >= 0.6 is 0 Å². The zero-order valence-electron chi connectivity index (χ0n) is 13.9. The van der Waals surface area contributed by atoms with Crippen LogP contribution in [0.15, 0.2) is 49.1 Å². The summed E-state index contributed by atoms with van der Waals surface area (Å²) in [7, 11) is 0. The minimum Gasteiger partial charge on any atom is -0.453 e. The molecule has 0 aliphatic rings. The van der Waals surface area contributed by atoms with Crippen molar-refractivity contribution in [2.75, 3.05) is 6.61 Å². The molecule has 3 aromatic heterocycles. The minimum atomic E-state index is -0.838. The van der Waals surface area contributed by atoms with Crippen LogP contribution in [0.1, 0.15) is 0 Å². The first-order valence-electron chi connectivity index (χ1n) is 7.70. The number of carbonyl (C=O) groups is 1. The molecule has 27 heavy (non-hydrogen) atoms. The van der Waals surface area contributed by atoms with Gasteiger partial charge >= 0.3 is 11.9 Å². The van der Waals surface area contributed by atoms with E-state index in [1.807, 2.05) is 0 Å². The minimum absolute atomic E-state index is 0.111. The molecule has 0 saturated heterocycles. The van der Waals surface area contributed by atoms with E-state index in [2.05, 4.69) is 19.8 Å². The van der Waals surface area contributed by atoms with Crippen molar-refractivity contribution in [1.82, 2.24) is 19.7 Å². The Labute approximate surface area is 152 Å². The summed E-state index contributed by atoms with van der Waals surface area (Å²) in [6.07, 6.45) is 5.36. The van der Waals surface area contributed by atoms with Crippen molar-refractivity contribution in [1.29, 1.82) is 0 Å². The standard InChI is InChI=1S/C16H14N6O5/c17-16(23)26-6-5-21-10-11(8-20-21)14-7-12(3-4-18-14)27-13-1-2-15(19-9-13)22(24)25/h1-4,7-10H,5-6H2,(H2,17,23). The average Bonchev–Trinajstić information content (AvgIpc) is 3.11. The highest BCUT2D eigenvalue weighted by atomic mass is 16.6. The van der Waals surface area contributed by atoms with Crippen molar-refractivity contribution in [3.8, 4) is 22.8 Å². The van der Waals surface area contributed by atoms with Crippen LogP contribution in [0.25, 0.3) is 11.3 Å². The van der Waals surface area contributed by atoms with Gasteiger partial charge in [-0.1, -0.05) is 0 Å². The molecule has 0 spiro atoms. The SMILES string of the molecule is NC(=O)OCCn1cc(-c2cc(Oc3ccc([N+](=O)[O-])nc3)ccn2)cn1. The summed E-state index contributed by atoms with van der Waals surface area (Å²) in [6, 6.07) is 6.07. The Morgan fingerprint density at radius 2 is 2.07 bits per heavy atom. The Hall–Kier alpha value is -4.02. The van der Waals surface area contributed by atoms with E-state index < -0.39 is 11.0 Å². The first-order chi connectivity index (χ1) is 13.0. The van der Waals surface area contributed by atoms with Gasteiger partial charge < -0.3 is 25.3 Å². The zero-order valence-corrected chi connectivity index (χ0v) is 13.9. The Morgan fingerprint density at radius 1 is 1.22 bits per heavy atom. The van der Waals surface area contributed by atoms with Crippen LogP contribution in [0.4, 0.5) is 10.6 Å². The number of hydrogen-bond donors (Lipinski definition) is 1. The first-order valence-corrected chi connectivity index (χ1v) is 7.70. The molecule has 138 valence electrons. The molecule has 11 heteroatoms. The number of pyridine rings is 2. The Kier molecular flexibility index (Phi) is 5.21. The van der Waals surface area contributed by atoms with Gasteiger partial charge in [0, 0.05) is 30.1 Å². The molecule has 0 atom stereocenters. The monoisotopic (exact) mass is 370 g/mol. The number of amides is 1. The highest BCUT2D eigenvalue weighted by molar-refractivity contribution is 5.64.